The molecule has 3 rings (SSSR count). The van der Waals surface area contributed by atoms with Gasteiger partial charge >= 0.3 is 0 Å². The molecule has 0 aliphatic rings. The molecule has 6 nitrogen and oxygen atoms in total. The van der Waals surface area contributed by atoms with Gasteiger partial charge < -0.3 is 15.6 Å². The minimum atomic E-state index is -0.970. The Morgan fingerprint density at radius 3 is 2.67 bits per heavy atom. The van der Waals surface area contributed by atoms with Crippen molar-refractivity contribution < 1.29 is 9.84 Å². The van der Waals surface area contributed by atoms with Gasteiger partial charge in [-0.3, -0.25) is 4.98 Å². The van der Waals surface area contributed by atoms with Gasteiger partial charge in [-0.25, -0.2) is 9.97 Å². The molecule has 1 unspecified atom stereocenters. The van der Waals surface area contributed by atoms with Crippen LogP contribution in [0.2, 0.25) is 0 Å². The second-order valence-electron chi connectivity index (χ2n) is 5.36. The van der Waals surface area contributed by atoms with Gasteiger partial charge in [0.15, 0.2) is 0 Å². The summed E-state index contributed by atoms with van der Waals surface area (Å²) < 4.78 is 5.43. The maximum atomic E-state index is 10.8. The number of pyridine rings is 1. The quantitative estimate of drug-likeness (QED) is 0.766. The Hall–Kier alpha value is -2.99. The van der Waals surface area contributed by atoms with Crippen LogP contribution in [0.4, 0.5) is 5.95 Å². The zero-order chi connectivity index (χ0) is 17.1. The van der Waals surface area contributed by atoms with Crippen molar-refractivity contribution in [1.29, 1.82) is 0 Å². The van der Waals surface area contributed by atoms with Gasteiger partial charge in [-0.15, -0.1) is 0 Å². The van der Waals surface area contributed by atoms with Crippen LogP contribution >= 0.6 is 0 Å². The number of nitrogen functional groups attached to an aromatic ring is 1. The summed E-state index contributed by atoms with van der Waals surface area (Å²) in [7, 11) is 1.62. The minimum Gasteiger partial charge on any atom is -0.496 e. The summed E-state index contributed by atoms with van der Waals surface area (Å²) in [5.41, 5.74) is 9.15. The van der Waals surface area contributed by atoms with Crippen molar-refractivity contribution in [3.05, 3.63) is 65.7 Å². The van der Waals surface area contributed by atoms with E-state index in [1.165, 1.54) is 0 Å². The number of hydrogen-bond donors (Lipinski definition) is 2. The highest BCUT2D eigenvalue weighted by molar-refractivity contribution is 5.73. The average Bonchev–Trinajstić information content (AvgIpc) is 2.60. The SMILES string of the molecule is COc1ccccc1-c1ccncc1C(O)c1cc(C)nc(N)n1. The van der Waals surface area contributed by atoms with Crippen LogP contribution in [0.25, 0.3) is 11.1 Å². The molecule has 1 aromatic carbocycles. The highest BCUT2D eigenvalue weighted by Gasteiger charge is 2.19. The molecule has 0 saturated carbocycles. The van der Waals surface area contributed by atoms with Crippen molar-refractivity contribution in [2.24, 2.45) is 0 Å². The first-order valence-corrected chi connectivity index (χ1v) is 7.46. The summed E-state index contributed by atoms with van der Waals surface area (Å²) in [5, 5.41) is 10.8. The molecule has 3 aromatic rings. The first-order valence-electron chi connectivity index (χ1n) is 7.46. The van der Waals surface area contributed by atoms with Gasteiger partial charge in [0, 0.05) is 29.2 Å². The van der Waals surface area contributed by atoms with Gasteiger partial charge in [0.05, 0.1) is 12.8 Å². The van der Waals surface area contributed by atoms with Crippen LogP contribution in [0.5, 0.6) is 5.75 Å². The Morgan fingerprint density at radius 1 is 1.12 bits per heavy atom. The number of aromatic nitrogens is 3. The van der Waals surface area contributed by atoms with Gasteiger partial charge in [-0.1, -0.05) is 18.2 Å². The predicted molar refractivity (Wildman–Crippen MR) is 91.5 cm³/mol. The zero-order valence-electron chi connectivity index (χ0n) is 13.5. The highest BCUT2D eigenvalue weighted by Crippen LogP contribution is 2.35. The topological polar surface area (TPSA) is 94.2 Å². The minimum absolute atomic E-state index is 0.131. The van der Waals surface area contributed by atoms with E-state index in [0.29, 0.717) is 17.0 Å². The molecule has 0 aliphatic carbocycles. The second kappa shape index (κ2) is 6.64. The van der Waals surface area contributed by atoms with Crippen LogP contribution in [0, 0.1) is 6.92 Å². The Morgan fingerprint density at radius 2 is 1.92 bits per heavy atom. The van der Waals surface area contributed by atoms with E-state index in [-0.39, 0.29) is 5.95 Å². The molecule has 0 radical (unpaired) electrons. The van der Waals surface area contributed by atoms with Gasteiger partial charge in [0.2, 0.25) is 5.95 Å². The summed E-state index contributed by atoms with van der Waals surface area (Å²) in [6.45, 7) is 1.80. The molecule has 122 valence electrons. The lowest BCUT2D eigenvalue weighted by Gasteiger charge is -2.17. The van der Waals surface area contributed by atoms with E-state index in [9.17, 15) is 5.11 Å². The van der Waals surface area contributed by atoms with Crippen LogP contribution in [-0.4, -0.2) is 27.2 Å². The normalized spacial score (nSPS) is 12.0. The third kappa shape index (κ3) is 3.04. The largest absolute Gasteiger partial charge is 0.496 e. The van der Waals surface area contributed by atoms with Gasteiger partial charge in [0.25, 0.3) is 0 Å². The highest BCUT2D eigenvalue weighted by atomic mass is 16.5. The van der Waals surface area contributed by atoms with E-state index in [1.54, 1.807) is 32.5 Å². The summed E-state index contributed by atoms with van der Waals surface area (Å²) in [6.07, 6.45) is 2.33. The number of para-hydroxylation sites is 1. The molecule has 0 saturated heterocycles. The fraction of sp³-hybridized carbons (Fsp3) is 0.167. The number of benzene rings is 1. The monoisotopic (exact) mass is 322 g/mol. The van der Waals surface area contributed by atoms with Crippen molar-refractivity contribution in [2.75, 3.05) is 12.8 Å². The molecule has 24 heavy (non-hydrogen) atoms. The lowest BCUT2D eigenvalue weighted by atomic mass is 9.96. The number of ether oxygens (including phenoxy) is 1. The average molecular weight is 322 g/mol. The zero-order valence-corrected chi connectivity index (χ0v) is 13.5. The van der Waals surface area contributed by atoms with Crippen molar-refractivity contribution in [1.82, 2.24) is 15.0 Å². The molecule has 0 amide bonds. The number of aryl methyl sites for hydroxylation is 1. The summed E-state index contributed by atoms with van der Waals surface area (Å²) >= 11 is 0. The predicted octanol–water partition coefficient (Wildman–Crippen LogP) is 2.52. The standard InChI is InChI=1S/C18H18N4O2/c1-11-9-15(22-18(19)21-11)17(23)14-10-20-8-7-12(14)13-5-3-4-6-16(13)24-2/h3-10,17,23H,1-2H3,(H2,19,21,22). The number of hydrogen-bond acceptors (Lipinski definition) is 6. The molecule has 3 N–H and O–H groups in total. The lowest BCUT2D eigenvalue weighted by Crippen LogP contribution is -2.08. The van der Waals surface area contributed by atoms with Crippen molar-refractivity contribution in [3.8, 4) is 16.9 Å². The summed E-state index contributed by atoms with van der Waals surface area (Å²) in [6, 6.07) is 11.2. The Bertz CT molecular complexity index is 847. The fourth-order valence-corrected chi connectivity index (χ4v) is 2.65. The third-order valence-electron chi connectivity index (χ3n) is 3.72. The number of rotatable bonds is 4. The van der Waals surface area contributed by atoms with E-state index in [4.69, 9.17) is 10.5 Å². The first-order chi connectivity index (χ1) is 11.6. The maximum absolute atomic E-state index is 10.8. The molecule has 2 heterocycles. The Labute approximate surface area is 140 Å². The maximum Gasteiger partial charge on any atom is 0.220 e. The molecule has 0 bridgehead atoms. The second-order valence-corrected chi connectivity index (χ2v) is 5.36. The molecular weight excluding hydrogens is 304 g/mol. The molecular formula is C18H18N4O2. The number of nitrogens with two attached hydrogens (primary N) is 1. The molecule has 1 atom stereocenters. The summed E-state index contributed by atoms with van der Waals surface area (Å²) in [5.74, 6) is 0.849. The third-order valence-corrected chi connectivity index (χ3v) is 3.72. The van der Waals surface area contributed by atoms with E-state index in [2.05, 4.69) is 15.0 Å². The number of methoxy groups -OCH3 is 1. The molecule has 2 aromatic heterocycles. The first kappa shape index (κ1) is 15.9. The molecule has 0 fully saturated rings. The lowest BCUT2D eigenvalue weighted by molar-refractivity contribution is 0.215. The van der Waals surface area contributed by atoms with Gasteiger partial charge in [-0.2, -0.15) is 0 Å². The molecule has 0 spiro atoms. The van der Waals surface area contributed by atoms with E-state index < -0.39 is 6.10 Å². The van der Waals surface area contributed by atoms with Gasteiger partial charge in [0.1, 0.15) is 11.9 Å². The fourth-order valence-electron chi connectivity index (χ4n) is 2.65. The number of anilines is 1. The number of nitrogens with zero attached hydrogens (tertiary/aromatic N) is 3. The number of aliphatic hydroxyl groups is 1. The molecule has 6 heteroatoms. The van der Waals surface area contributed by atoms with Crippen LogP contribution < -0.4 is 10.5 Å². The van der Waals surface area contributed by atoms with Crippen molar-refractivity contribution in [2.45, 2.75) is 13.0 Å². The summed E-state index contributed by atoms with van der Waals surface area (Å²) in [4.78, 5) is 12.3. The van der Waals surface area contributed by atoms with E-state index in [1.807, 2.05) is 30.3 Å². The van der Waals surface area contributed by atoms with Crippen LogP contribution in [-0.2, 0) is 0 Å². The van der Waals surface area contributed by atoms with Crippen molar-refractivity contribution >= 4 is 5.95 Å². The van der Waals surface area contributed by atoms with Crippen molar-refractivity contribution in [3.63, 3.8) is 0 Å². The van der Waals surface area contributed by atoms with Crippen LogP contribution in [0.1, 0.15) is 23.1 Å². The Kier molecular flexibility index (Phi) is 4.39. The smallest absolute Gasteiger partial charge is 0.220 e. The Balaban J connectivity index is 2.12. The van der Waals surface area contributed by atoms with E-state index in [0.717, 1.165) is 16.9 Å². The number of aliphatic hydroxyl groups excluding tert-OH is 1. The van der Waals surface area contributed by atoms with Crippen LogP contribution in [0.15, 0.2) is 48.8 Å². The van der Waals surface area contributed by atoms with Crippen LogP contribution in [0.3, 0.4) is 0 Å². The van der Waals surface area contributed by atoms with Gasteiger partial charge in [-0.05, 0) is 30.7 Å². The molecule has 0 aliphatic heterocycles. The van der Waals surface area contributed by atoms with E-state index >= 15 is 0 Å².